The van der Waals surface area contributed by atoms with Crippen LogP contribution in [0.1, 0.15) is 18.9 Å². The molecule has 0 amide bonds. The molecule has 96 valence electrons. The van der Waals surface area contributed by atoms with Crippen LogP contribution in [0.3, 0.4) is 0 Å². The second kappa shape index (κ2) is 4.44. The number of fused-ring (bicyclic) bond motifs is 1. The number of imidazole rings is 1. The number of hydrogen-bond acceptors (Lipinski definition) is 3. The van der Waals surface area contributed by atoms with Gasteiger partial charge in [-0.25, -0.2) is 4.98 Å². The topological polar surface area (TPSA) is 47.1 Å². The van der Waals surface area contributed by atoms with Gasteiger partial charge < -0.3 is 15.2 Å². The van der Waals surface area contributed by atoms with Crippen molar-refractivity contribution >= 4 is 28.6 Å². The summed E-state index contributed by atoms with van der Waals surface area (Å²) in [4.78, 5) is 6.76. The number of rotatable bonds is 1. The van der Waals surface area contributed by atoms with Crippen LogP contribution in [0, 0.1) is 0 Å². The van der Waals surface area contributed by atoms with Crippen LogP contribution in [0.5, 0.6) is 0 Å². The Bertz CT molecular complexity index is 570. The van der Waals surface area contributed by atoms with Crippen LogP contribution in [-0.4, -0.2) is 34.6 Å². The predicted octanol–water partition coefficient (Wildman–Crippen LogP) is 2.54. The van der Waals surface area contributed by atoms with Gasteiger partial charge in [0.15, 0.2) is 0 Å². The van der Waals surface area contributed by atoms with Gasteiger partial charge in [0.2, 0.25) is 5.95 Å². The van der Waals surface area contributed by atoms with Gasteiger partial charge in [-0.2, -0.15) is 0 Å². The molecule has 1 aliphatic heterocycles. The Balaban J connectivity index is 2.03. The largest absolute Gasteiger partial charge is 0.369 e. The Kier molecular flexibility index (Phi) is 2.92. The van der Waals surface area contributed by atoms with E-state index in [2.05, 4.69) is 21.5 Å². The van der Waals surface area contributed by atoms with Crippen molar-refractivity contribution in [1.29, 1.82) is 0 Å². The Morgan fingerprint density at radius 3 is 2.78 bits per heavy atom. The molecule has 1 aliphatic rings. The minimum Gasteiger partial charge on any atom is -0.369 e. The van der Waals surface area contributed by atoms with Gasteiger partial charge in [-0.1, -0.05) is 11.6 Å². The molecule has 0 atom stereocenters. The molecule has 1 aromatic carbocycles. The fourth-order valence-corrected chi connectivity index (χ4v) is 2.89. The molecule has 1 fully saturated rings. The van der Waals surface area contributed by atoms with Gasteiger partial charge in [0.25, 0.3) is 0 Å². The third kappa shape index (κ3) is 1.95. The van der Waals surface area contributed by atoms with Crippen molar-refractivity contribution < 1.29 is 0 Å². The lowest BCUT2D eigenvalue weighted by atomic mass is 10.1. The number of hydrogen-bond donors (Lipinski definition) is 1. The molecule has 18 heavy (non-hydrogen) atoms. The number of nitrogen functional groups attached to an aromatic ring is 1. The van der Waals surface area contributed by atoms with Crippen molar-refractivity contribution in [2.75, 3.05) is 25.9 Å². The zero-order chi connectivity index (χ0) is 12.7. The van der Waals surface area contributed by atoms with E-state index >= 15 is 0 Å². The number of aromatic nitrogens is 2. The molecule has 0 unspecified atom stereocenters. The molecule has 0 aliphatic carbocycles. The summed E-state index contributed by atoms with van der Waals surface area (Å²) in [5.74, 6) is 0.599. The van der Waals surface area contributed by atoms with Gasteiger partial charge in [-0.3, -0.25) is 0 Å². The van der Waals surface area contributed by atoms with E-state index in [1.807, 2.05) is 18.2 Å². The highest BCUT2D eigenvalue weighted by Crippen LogP contribution is 2.30. The van der Waals surface area contributed by atoms with Gasteiger partial charge in [0, 0.05) is 11.1 Å². The number of piperidine rings is 1. The summed E-state index contributed by atoms with van der Waals surface area (Å²) in [7, 11) is 2.16. The van der Waals surface area contributed by atoms with Gasteiger partial charge >= 0.3 is 0 Å². The number of halogens is 1. The number of nitrogens with zero attached hydrogens (tertiary/aromatic N) is 3. The lowest BCUT2D eigenvalue weighted by Gasteiger charge is -2.30. The highest BCUT2D eigenvalue weighted by atomic mass is 35.5. The lowest BCUT2D eigenvalue weighted by molar-refractivity contribution is 0.225. The summed E-state index contributed by atoms with van der Waals surface area (Å²) in [5, 5.41) is 0.704. The summed E-state index contributed by atoms with van der Waals surface area (Å²) in [6, 6.07) is 6.24. The fraction of sp³-hybridized carbons (Fsp3) is 0.462. The van der Waals surface area contributed by atoms with Gasteiger partial charge in [-0.05, 0) is 51.2 Å². The van der Waals surface area contributed by atoms with Gasteiger partial charge in [-0.15, -0.1) is 0 Å². The summed E-state index contributed by atoms with van der Waals surface area (Å²) in [6.07, 6.45) is 2.24. The summed E-state index contributed by atoms with van der Waals surface area (Å²) >= 11 is 5.99. The highest BCUT2D eigenvalue weighted by Gasteiger charge is 2.22. The average molecular weight is 265 g/mol. The third-order valence-corrected chi connectivity index (χ3v) is 3.97. The van der Waals surface area contributed by atoms with Crippen LogP contribution in [0.4, 0.5) is 5.95 Å². The number of nitrogens with two attached hydrogens (primary N) is 1. The van der Waals surface area contributed by atoms with Crippen molar-refractivity contribution in [3.05, 3.63) is 23.2 Å². The fourth-order valence-electron chi connectivity index (χ4n) is 2.73. The van der Waals surface area contributed by atoms with Crippen molar-refractivity contribution in [3.8, 4) is 0 Å². The number of likely N-dealkylation sites (tertiary alicyclic amines) is 1. The molecule has 0 saturated carbocycles. The standard InChI is InChI=1S/C13H17ClN4/c1-17-6-4-10(5-7-17)18-12-3-2-9(14)8-11(12)16-13(18)15/h2-3,8,10H,4-7H2,1H3,(H2,15,16). The quantitative estimate of drug-likeness (QED) is 0.861. The van der Waals surface area contributed by atoms with E-state index in [0.29, 0.717) is 17.0 Å². The summed E-state index contributed by atoms with van der Waals surface area (Å²) in [6.45, 7) is 2.22. The SMILES string of the molecule is CN1CCC(n2c(N)nc3cc(Cl)ccc32)CC1. The first-order chi connectivity index (χ1) is 8.65. The minimum absolute atomic E-state index is 0.451. The number of anilines is 1. The monoisotopic (exact) mass is 264 g/mol. The Labute approximate surface area is 111 Å². The zero-order valence-corrected chi connectivity index (χ0v) is 11.2. The first-order valence-corrected chi connectivity index (χ1v) is 6.64. The van der Waals surface area contributed by atoms with Crippen molar-refractivity contribution in [2.24, 2.45) is 0 Å². The van der Waals surface area contributed by atoms with Crippen LogP contribution in [0.15, 0.2) is 18.2 Å². The molecular weight excluding hydrogens is 248 g/mol. The summed E-state index contributed by atoms with van der Waals surface area (Å²) in [5.41, 5.74) is 8.04. The molecule has 1 saturated heterocycles. The number of benzene rings is 1. The smallest absolute Gasteiger partial charge is 0.201 e. The molecule has 3 rings (SSSR count). The van der Waals surface area contributed by atoms with Crippen molar-refractivity contribution in [2.45, 2.75) is 18.9 Å². The van der Waals surface area contributed by atoms with Crippen LogP contribution in [0.25, 0.3) is 11.0 Å². The highest BCUT2D eigenvalue weighted by molar-refractivity contribution is 6.31. The van der Waals surface area contributed by atoms with E-state index in [9.17, 15) is 0 Å². The van der Waals surface area contributed by atoms with Crippen molar-refractivity contribution in [3.63, 3.8) is 0 Å². The summed E-state index contributed by atoms with van der Waals surface area (Å²) < 4.78 is 2.17. The third-order valence-electron chi connectivity index (χ3n) is 3.73. The molecule has 5 heteroatoms. The van der Waals surface area contributed by atoms with Crippen LogP contribution in [-0.2, 0) is 0 Å². The normalized spacial score (nSPS) is 18.6. The van der Waals surface area contributed by atoms with E-state index in [0.717, 1.165) is 37.0 Å². The maximum Gasteiger partial charge on any atom is 0.201 e. The molecule has 0 spiro atoms. The molecule has 2 N–H and O–H groups in total. The molecule has 0 bridgehead atoms. The van der Waals surface area contributed by atoms with E-state index in [4.69, 9.17) is 17.3 Å². The molecule has 0 radical (unpaired) electrons. The van der Waals surface area contributed by atoms with Crippen molar-refractivity contribution in [1.82, 2.24) is 14.5 Å². The Morgan fingerprint density at radius 2 is 2.06 bits per heavy atom. The van der Waals surface area contributed by atoms with Gasteiger partial charge in [0.05, 0.1) is 11.0 Å². The molecule has 1 aromatic heterocycles. The molecular formula is C13H17ClN4. The van der Waals surface area contributed by atoms with Crippen LogP contribution < -0.4 is 5.73 Å². The molecule has 4 nitrogen and oxygen atoms in total. The predicted molar refractivity (Wildman–Crippen MR) is 74.9 cm³/mol. The van der Waals surface area contributed by atoms with E-state index in [1.165, 1.54) is 0 Å². The Morgan fingerprint density at radius 1 is 1.33 bits per heavy atom. The van der Waals surface area contributed by atoms with Crippen LogP contribution >= 0.6 is 11.6 Å². The first-order valence-electron chi connectivity index (χ1n) is 6.26. The second-order valence-electron chi connectivity index (χ2n) is 5.01. The minimum atomic E-state index is 0.451. The zero-order valence-electron chi connectivity index (χ0n) is 10.4. The average Bonchev–Trinajstić information content (AvgIpc) is 2.65. The maximum atomic E-state index is 6.06. The van der Waals surface area contributed by atoms with E-state index < -0.39 is 0 Å². The van der Waals surface area contributed by atoms with E-state index in [1.54, 1.807) is 0 Å². The maximum absolute atomic E-state index is 6.06. The second-order valence-corrected chi connectivity index (χ2v) is 5.44. The van der Waals surface area contributed by atoms with Crippen LogP contribution in [0.2, 0.25) is 5.02 Å². The van der Waals surface area contributed by atoms with Gasteiger partial charge in [0.1, 0.15) is 0 Å². The first kappa shape index (κ1) is 11.8. The molecule has 2 aromatic rings. The van der Waals surface area contributed by atoms with E-state index in [-0.39, 0.29) is 0 Å². The lowest BCUT2D eigenvalue weighted by Crippen LogP contribution is -2.31. The molecule has 2 heterocycles. The Hall–Kier alpha value is -1.26.